The van der Waals surface area contributed by atoms with Crippen LogP contribution >= 0.6 is 0 Å². The molecule has 1 aromatic rings. The Labute approximate surface area is 69.2 Å². The molecule has 11 heavy (non-hydrogen) atoms. The first-order valence-electron chi connectivity index (χ1n) is 2.92. The molecule has 0 atom stereocenters. The molecule has 0 aliphatic rings. The summed E-state index contributed by atoms with van der Waals surface area (Å²) in [5.74, 6) is 0.110. The Morgan fingerprint density at radius 2 is 1.73 bits per heavy atom. The molecule has 0 amide bonds. The molecule has 1 N–H and O–H groups in total. The van der Waals surface area contributed by atoms with E-state index in [-0.39, 0.29) is 5.75 Å². The zero-order valence-corrected chi connectivity index (χ0v) is 7.21. The van der Waals surface area contributed by atoms with Gasteiger partial charge in [0.15, 0.2) is 0 Å². The van der Waals surface area contributed by atoms with Gasteiger partial charge >= 0.3 is 68.6 Å². The van der Waals surface area contributed by atoms with Crippen molar-refractivity contribution >= 4 is 19.4 Å². The molecule has 0 fully saturated rings. The number of phenols is 1. The molecule has 0 bridgehead atoms. The topological polar surface area (TPSA) is 20.2 Å². The minimum atomic E-state index is -2.26. The molecular weight excluding hydrogens is 217 g/mol. The molecule has 1 nitrogen and oxygen atoms in total. The number of aromatic hydroxyl groups is 1. The van der Waals surface area contributed by atoms with Crippen molar-refractivity contribution in [1.29, 1.82) is 0 Å². The summed E-state index contributed by atoms with van der Waals surface area (Å²) >= 11 is -0.784. The minimum absolute atomic E-state index is 0.110. The predicted molar refractivity (Wildman–Crippen MR) is 39.5 cm³/mol. The van der Waals surface area contributed by atoms with Crippen LogP contribution in [0.5, 0.6) is 5.75 Å². The van der Waals surface area contributed by atoms with Crippen LogP contribution in [0.3, 0.4) is 0 Å². The van der Waals surface area contributed by atoms with Gasteiger partial charge in [-0.05, 0) is 0 Å². The first-order valence-corrected chi connectivity index (χ1v) is 4.77. The number of benzene rings is 1. The van der Waals surface area contributed by atoms with Gasteiger partial charge in [-0.3, -0.25) is 0 Å². The van der Waals surface area contributed by atoms with E-state index in [9.17, 15) is 8.78 Å². The second-order valence-electron chi connectivity index (χ2n) is 1.87. The molecule has 0 unspecified atom stereocenters. The van der Waals surface area contributed by atoms with Crippen LogP contribution in [0.1, 0.15) is 0 Å². The van der Waals surface area contributed by atoms with Crippen LogP contribution in [0.2, 0.25) is 0 Å². The Hall–Kier alpha value is -0.601. The van der Waals surface area contributed by atoms with Crippen molar-refractivity contribution in [1.82, 2.24) is 0 Å². The summed E-state index contributed by atoms with van der Waals surface area (Å²) in [4.78, 5) is 0. The summed E-state index contributed by atoms with van der Waals surface area (Å²) < 4.78 is 24.2. The third-order valence-corrected chi connectivity index (χ3v) is 2.58. The van der Waals surface area contributed by atoms with E-state index < -0.39 is 20.3 Å². The van der Waals surface area contributed by atoms with Crippen LogP contribution < -0.4 is 4.46 Å². The number of hydrogen-bond donors (Lipinski definition) is 1. The SMILES string of the molecule is Oc1ccc([Se]C(F)F)cc1. The number of halogens is 2. The van der Waals surface area contributed by atoms with Crippen molar-refractivity contribution < 1.29 is 13.9 Å². The average Bonchev–Trinajstić information content (AvgIpc) is 1.93. The maximum absolute atomic E-state index is 11.8. The fourth-order valence-electron chi connectivity index (χ4n) is 0.628. The third kappa shape index (κ3) is 2.87. The Kier molecular flexibility index (Phi) is 2.85. The van der Waals surface area contributed by atoms with Crippen LogP contribution in [0.15, 0.2) is 24.3 Å². The van der Waals surface area contributed by atoms with Crippen molar-refractivity contribution in [2.24, 2.45) is 0 Å². The second-order valence-corrected chi connectivity index (χ2v) is 4.10. The summed E-state index contributed by atoms with van der Waals surface area (Å²) in [5.41, 5.74) is 0. The molecule has 0 aromatic heterocycles. The van der Waals surface area contributed by atoms with Gasteiger partial charge in [0.1, 0.15) is 0 Å². The van der Waals surface area contributed by atoms with Crippen molar-refractivity contribution in [2.75, 3.05) is 0 Å². The van der Waals surface area contributed by atoms with Gasteiger partial charge in [0.05, 0.1) is 0 Å². The van der Waals surface area contributed by atoms with Crippen LogP contribution in [0.25, 0.3) is 0 Å². The summed E-state index contributed by atoms with van der Waals surface area (Å²) in [5, 5.41) is 6.55. The van der Waals surface area contributed by atoms with Gasteiger partial charge < -0.3 is 0 Å². The number of hydrogen-bond acceptors (Lipinski definition) is 1. The van der Waals surface area contributed by atoms with Gasteiger partial charge in [-0.15, -0.1) is 0 Å². The van der Waals surface area contributed by atoms with Gasteiger partial charge in [-0.2, -0.15) is 0 Å². The normalized spacial score (nSPS) is 10.5. The van der Waals surface area contributed by atoms with Gasteiger partial charge in [0.2, 0.25) is 0 Å². The molecule has 0 saturated heterocycles. The number of alkyl halides is 2. The quantitative estimate of drug-likeness (QED) is 0.740. The van der Waals surface area contributed by atoms with Crippen molar-refractivity contribution in [2.45, 2.75) is 5.32 Å². The van der Waals surface area contributed by atoms with Gasteiger partial charge in [0.25, 0.3) is 0 Å². The molecule has 0 saturated carbocycles. The average molecular weight is 223 g/mol. The predicted octanol–water partition coefficient (Wildman–Crippen LogP) is 0.944. The molecule has 0 heterocycles. The van der Waals surface area contributed by atoms with E-state index in [0.29, 0.717) is 4.46 Å². The van der Waals surface area contributed by atoms with E-state index in [1.165, 1.54) is 24.3 Å². The monoisotopic (exact) mass is 224 g/mol. The fourth-order valence-corrected chi connectivity index (χ4v) is 1.67. The standard InChI is InChI=1S/C7H6F2OSe/c8-7(9)11-6-3-1-5(10)2-4-6/h1-4,7,10H. The molecule has 0 radical (unpaired) electrons. The fraction of sp³-hybridized carbons (Fsp3) is 0.143. The van der Waals surface area contributed by atoms with Crippen LogP contribution in [0.4, 0.5) is 8.78 Å². The molecule has 0 aliphatic heterocycles. The van der Waals surface area contributed by atoms with Crippen LogP contribution in [-0.4, -0.2) is 25.4 Å². The van der Waals surface area contributed by atoms with Gasteiger partial charge in [-0.25, -0.2) is 0 Å². The zero-order valence-electron chi connectivity index (χ0n) is 5.50. The molecule has 0 spiro atoms. The molecular formula is C7H6F2OSe. The van der Waals surface area contributed by atoms with E-state index in [1.807, 2.05) is 0 Å². The third-order valence-electron chi connectivity index (χ3n) is 1.06. The summed E-state index contributed by atoms with van der Waals surface area (Å²) in [6.45, 7) is 0. The van der Waals surface area contributed by atoms with Crippen molar-refractivity contribution in [3.8, 4) is 5.75 Å². The van der Waals surface area contributed by atoms with Crippen molar-refractivity contribution in [3.05, 3.63) is 24.3 Å². The molecule has 60 valence electrons. The molecule has 1 rings (SSSR count). The Morgan fingerprint density at radius 1 is 1.18 bits per heavy atom. The Bertz CT molecular complexity index is 222. The molecule has 4 heteroatoms. The van der Waals surface area contributed by atoms with E-state index >= 15 is 0 Å². The second kappa shape index (κ2) is 3.69. The summed E-state index contributed by atoms with van der Waals surface area (Å²) in [6, 6.07) is 5.86. The van der Waals surface area contributed by atoms with E-state index in [4.69, 9.17) is 5.11 Å². The molecule has 0 aliphatic carbocycles. The summed E-state index contributed by atoms with van der Waals surface area (Å²) in [6.07, 6.45) is 0. The van der Waals surface area contributed by atoms with Crippen LogP contribution in [0, 0.1) is 0 Å². The Morgan fingerprint density at radius 3 is 2.18 bits per heavy atom. The number of rotatable bonds is 2. The first-order chi connectivity index (χ1) is 5.18. The van der Waals surface area contributed by atoms with E-state index in [1.54, 1.807) is 0 Å². The summed E-state index contributed by atoms with van der Waals surface area (Å²) in [7, 11) is 0. The zero-order chi connectivity index (χ0) is 8.27. The maximum atomic E-state index is 11.8. The van der Waals surface area contributed by atoms with Gasteiger partial charge in [0, 0.05) is 0 Å². The molecule has 1 aromatic carbocycles. The van der Waals surface area contributed by atoms with E-state index in [2.05, 4.69) is 0 Å². The van der Waals surface area contributed by atoms with E-state index in [0.717, 1.165) is 0 Å². The number of phenolic OH excluding ortho intramolecular Hbond substituents is 1. The van der Waals surface area contributed by atoms with Crippen LogP contribution in [-0.2, 0) is 0 Å². The Balaban J connectivity index is 2.66. The van der Waals surface area contributed by atoms with Crippen molar-refractivity contribution in [3.63, 3.8) is 0 Å². The van der Waals surface area contributed by atoms with Gasteiger partial charge in [-0.1, -0.05) is 0 Å². The first kappa shape index (κ1) is 8.50.